The Balaban J connectivity index is 5.63. The average molecular weight is 465 g/mol. The fraction of sp³-hybridized carbons (Fsp3) is 1.00. The SMILES string of the molecule is CC(C)(C)OC(OC(C)(C)C)[SiH2]CC[Si](OC(C)(C)C)(OC(C)(C)C)OC(C)(C)C. The van der Waals surface area contributed by atoms with Gasteiger partial charge >= 0.3 is 8.80 Å². The van der Waals surface area contributed by atoms with E-state index in [0.717, 1.165) is 12.1 Å². The number of hydrogen-bond acceptors (Lipinski definition) is 5. The molecule has 0 spiro atoms. The van der Waals surface area contributed by atoms with Crippen molar-refractivity contribution in [2.75, 3.05) is 0 Å². The summed E-state index contributed by atoms with van der Waals surface area (Å²) in [5, 5.41) is 0. The van der Waals surface area contributed by atoms with Gasteiger partial charge in [-0.05, 0) is 104 Å². The summed E-state index contributed by atoms with van der Waals surface area (Å²) in [4.78, 5) is 0. The first-order chi connectivity index (χ1) is 12.9. The van der Waals surface area contributed by atoms with Crippen molar-refractivity contribution in [1.82, 2.24) is 0 Å². The lowest BCUT2D eigenvalue weighted by molar-refractivity contribution is -0.193. The second-order valence-corrected chi connectivity index (χ2v) is 17.5. The van der Waals surface area contributed by atoms with E-state index >= 15 is 0 Å². The molecule has 0 rings (SSSR count). The lowest BCUT2D eigenvalue weighted by Gasteiger charge is -2.43. The first-order valence-electron chi connectivity index (χ1n) is 11.4. The van der Waals surface area contributed by atoms with Crippen LogP contribution in [0.1, 0.15) is 104 Å². The van der Waals surface area contributed by atoms with E-state index in [0.29, 0.717) is 0 Å². The standard InChI is InChI=1S/C23H52O5Si2/c1-19(2,3)24-18(25-20(4,5)6)29-16-17-30(26-21(7,8)9,27-22(10,11)12)28-23(13,14)15/h18H,16-17,29H2,1-15H3. The van der Waals surface area contributed by atoms with Gasteiger partial charge in [0.05, 0.1) is 37.5 Å². The summed E-state index contributed by atoms with van der Waals surface area (Å²) in [7, 11) is -3.69. The molecule has 0 amide bonds. The summed E-state index contributed by atoms with van der Waals surface area (Å²) >= 11 is 0. The lowest BCUT2D eigenvalue weighted by atomic mass is 10.2. The molecule has 0 aliphatic carbocycles. The van der Waals surface area contributed by atoms with Crippen molar-refractivity contribution in [2.45, 2.75) is 150 Å². The lowest BCUT2D eigenvalue weighted by Crippen LogP contribution is -2.57. The zero-order chi connectivity index (χ0) is 24.2. The molecule has 0 aromatic heterocycles. The van der Waals surface area contributed by atoms with Crippen LogP contribution in [0.2, 0.25) is 12.1 Å². The van der Waals surface area contributed by atoms with Gasteiger partial charge < -0.3 is 22.8 Å². The molecule has 0 aliphatic rings. The molecule has 0 radical (unpaired) electrons. The predicted octanol–water partition coefficient (Wildman–Crippen LogP) is 5.87. The van der Waals surface area contributed by atoms with E-state index in [1.807, 2.05) is 0 Å². The van der Waals surface area contributed by atoms with Crippen molar-refractivity contribution in [1.29, 1.82) is 0 Å². The number of rotatable bonds is 9. The van der Waals surface area contributed by atoms with Crippen molar-refractivity contribution >= 4 is 18.3 Å². The van der Waals surface area contributed by atoms with E-state index in [9.17, 15) is 0 Å². The molecule has 0 bridgehead atoms. The quantitative estimate of drug-likeness (QED) is 0.315. The molecule has 0 saturated heterocycles. The van der Waals surface area contributed by atoms with Crippen LogP contribution in [0.4, 0.5) is 0 Å². The zero-order valence-corrected chi connectivity index (χ0v) is 25.2. The summed E-state index contributed by atoms with van der Waals surface area (Å²) in [6, 6.07) is 1.73. The van der Waals surface area contributed by atoms with Gasteiger partial charge in [0.2, 0.25) is 0 Å². The van der Waals surface area contributed by atoms with Gasteiger partial charge in [0.25, 0.3) is 0 Å². The Bertz CT molecular complexity index is 445. The molecular weight excluding hydrogens is 412 g/mol. The Kier molecular flexibility index (Phi) is 10.5. The first-order valence-corrected chi connectivity index (χ1v) is 15.1. The van der Waals surface area contributed by atoms with Crippen LogP contribution in [-0.2, 0) is 22.8 Å². The van der Waals surface area contributed by atoms with E-state index in [-0.39, 0.29) is 33.9 Å². The van der Waals surface area contributed by atoms with E-state index in [1.165, 1.54) is 0 Å². The molecule has 0 atom stereocenters. The van der Waals surface area contributed by atoms with E-state index in [4.69, 9.17) is 22.8 Å². The minimum Gasteiger partial charge on any atom is -0.368 e. The van der Waals surface area contributed by atoms with Gasteiger partial charge in [0, 0.05) is 6.04 Å². The minimum atomic E-state index is -2.96. The largest absolute Gasteiger partial charge is 0.501 e. The second kappa shape index (κ2) is 10.4. The van der Waals surface area contributed by atoms with Crippen LogP contribution in [-0.4, -0.2) is 52.2 Å². The van der Waals surface area contributed by atoms with Gasteiger partial charge in [-0.25, -0.2) is 0 Å². The molecule has 0 saturated carbocycles. The van der Waals surface area contributed by atoms with Crippen LogP contribution in [0, 0.1) is 0 Å². The fourth-order valence-electron chi connectivity index (χ4n) is 3.03. The van der Waals surface area contributed by atoms with Gasteiger partial charge in [-0.15, -0.1) is 0 Å². The molecule has 0 unspecified atom stereocenters. The van der Waals surface area contributed by atoms with Crippen LogP contribution < -0.4 is 0 Å². The summed E-state index contributed by atoms with van der Waals surface area (Å²) < 4.78 is 32.3. The molecule has 0 fully saturated rings. The van der Waals surface area contributed by atoms with Crippen LogP contribution >= 0.6 is 0 Å². The third kappa shape index (κ3) is 16.9. The van der Waals surface area contributed by atoms with Crippen molar-refractivity contribution in [3.05, 3.63) is 0 Å². The Morgan fingerprint density at radius 2 is 0.833 bits per heavy atom. The van der Waals surface area contributed by atoms with Crippen LogP contribution in [0.15, 0.2) is 0 Å². The van der Waals surface area contributed by atoms with Crippen LogP contribution in [0.5, 0.6) is 0 Å². The Hall–Kier alpha value is 0.234. The maximum Gasteiger partial charge on any atom is 0.501 e. The van der Waals surface area contributed by atoms with E-state index in [1.54, 1.807) is 0 Å². The highest BCUT2D eigenvalue weighted by molar-refractivity contribution is 6.62. The third-order valence-corrected chi connectivity index (χ3v) is 9.29. The smallest absolute Gasteiger partial charge is 0.368 e. The maximum atomic E-state index is 6.60. The average Bonchev–Trinajstić information content (AvgIpc) is 2.26. The first kappa shape index (κ1) is 30.2. The second-order valence-electron chi connectivity index (χ2n) is 13.1. The topological polar surface area (TPSA) is 46.2 Å². The summed E-state index contributed by atoms with van der Waals surface area (Å²) in [6.07, 6.45) is 0. The zero-order valence-electron chi connectivity index (χ0n) is 22.7. The molecular formula is C23H52O5Si2. The predicted molar refractivity (Wildman–Crippen MR) is 132 cm³/mol. The van der Waals surface area contributed by atoms with Gasteiger partial charge in [0.1, 0.15) is 5.91 Å². The Morgan fingerprint density at radius 1 is 0.533 bits per heavy atom. The van der Waals surface area contributed by atoms with Crippen LogP contribution in [0.3, 0.4) is 0 Å². The van der Waals surface area contributed by atoms with Crippen molar-refractivity contribution in [3.8, 4) is 0 Å². The Morgan fingerprint density at radius 3 is 1.07 bits per heavy atom. The molecule has 5 nitrogen and oxygen atoms in total. The molecule has 7 heteroatoms. The molecule has 0 N–H and O–H groups in total. The molecule has 0 heterocycles. The summed E-state index contributed by atoms with van der Waals surface area (Å²) in [5.74, 6) is -0.157. The van der Waals surface area contributed by atoms with Gasteiger partial charge in [-0.3, -0.25) is 0 Å². The monoisotopic (exact) mass is 464 g/mol. The number of ether oxygens (including phenoxy) is 2. The van der Waals surface area contributed by atoms with Crippen LogP contribution in [0.25, 0.3) is 0 Å². The minimum absolute atomic E-state index is 0.157. The summed E-state index contributed by atoms with van der Waals surface area (Å²) in [6.45, 7) is 31.1. The fourth-order valence-corrected chi connectivity index (χ4v) is 10.4. The van der Waals surface area contributed by atoms with E-state index in [2.05, 4.69) is 104 Å². The molecule has 0 aliphatic heterocycles. The van der Waals surface area contributed by atoms with E-state index < -0.39 is 18.3 Å². The number of hydrogen-bond donors (Lipinski definition) is 0. The van der Waals surface area contributed by atoms with Gasteiger partial charge in [0.15, 0.2) is 0 Å². The third-order valence-electron chi connectivity index (χ3n) is 3.28. The Labute approximate surface area is 191 Å². The van der Waals surface area contributed by atoms with Crippen molar-refractivity contribution in [3.63, 3.8) is 0 Å². The summed E-state index contributed by atoms with van der Waals surface area (Å²) in [5.41, 5.74) is -1.55. The molecule has 0 aromatic rings. The normalized spacial score (nSPS) is 15.6. The highest BCUT2D eigenvalue weighted by Gasteiger charge is 2.49. The maximum absolute atomic E-state index is 6.60. The van der Waals surface area contributed by atoms with Crippen molar-refractivity contribution < 1.29 is 22.8 Å². The van der Waals surface area contributed by atoms with Gasteiger partial charge in [-0.1, -0.05) is 6.04 Å². The highest BCUT2D eigenvalue weighted by atomic mass is 28.4. The molecule has 182 valence electrons. The van der Waals surface area contributed by atoms with Gasteiger partial charge in [-0.2, -0.15) is 0 Å². The van der Waals surface area contributed by atoms with Crippen molar-refractivity contribution in [2.24, 2.45) is 0 Å². The molecule has 0 aromatic carbocycles. The molecule has 30 heavy (non-hydrogen) atoms. The highest BCUT2D eigenvalue weighted by Crippen LogP contribution is 2.33.